The minimum absolute atomic E-state index is 0.118. The smallest absolute Gasteiger partial charge is 0.257 e. The van der Waals surface area contributed by atoms with Gasteiger partial charge in [0.25, 0.3) is 5.89 Å². The number of aromatic nitrogens is 2. The summed E-state index contributed by atoms with van der Waals surface area (Å²) < 4.78 is 27.1. The van der Waals surface area contributed by atoms with Crippen molar-refractivity contribution in [1.82, 2.24) is 10.1 Å². The van der Waals surface area contributed by atoms with Gasteiger partial charge in [-0.15, -0.1) is 0 Å². The molecular weight excluding hydrogens is 256 g/mol. The van der Waals surface area contributed by atoms with Crippen LogP contribution in [0.2, 0.25) is 0 Å². The molecular formula is C11H10N2O4S. The normalized spacial score (nSPS) is 11.4. The van der Waals surface area contributed by atoms with Gasteiger partial charge < -0.3 is 4.52 Å². The van der Waals surface area contributed by atoms with E-state index in [4.69, 9.17) is 4.52 Å². The molecule has 0 unspecified atom stereocenters. The topological polar surface area (TPSA) is 90.1 Å². The Morgan fingerprint density at radius 3 is 2.50 bits per heavy atom. The molecule has 0 N–H and O–H groups in total. The molecule has 0 fully saturated rings. The summed E-state index contributed by atoms with van der Waals surface area (Å²) in [6, 6.07) is 6.54. The van der Waals surface area contributed by atoms with Crippen LogP contribution in [-0.4, -0.2) is 31.1 Å². The molecule has 0 spiro atoms. The zero-order chi connectivity index (χ0) is 13.2. The average molecular weight is 266 g/mol. The lowest BCUT2D eigenvalue weighted by Crippen LogP contribution is -2.02. The quantitative estimate of drug-likeness (QED) is 0.769. The molecule has 7 heteroatoms. The first-order chi connectivity index (χ1) is 8.48. The first kappa shape index (κ1) is 12.4. The minimum Gasteiger partial charge on any atom is -0.334 e. The summed E-state index contributed by atoms with van der Waals surface area (Å²) in [6.07, 6.45) is 1.83. The van der Waals surface area contributed by atoms with Gasteiger partial charge in [-0.3, -0.25) is 4.79 Å². The van der Waals surface area contributed by atoms with Gasteiger partial charge in [0.15, 0.2) is 15.7 Å². The monoisotopic (exact) mass is 266 g/mol. The Bertz CT molecular complexity index is 659. The third-order valence-electron chi connectivity index (χ3n) is 2.15. The van der Waals surface area contributed by atoms with E-state index in [9.17, 15) is 13.2 Å². The van der Waals surface area contributed by atoms with Crippen LogP contribution >= 0.6 is 0 Å². The van der Waals surface area contributed by atoms with Crippen molar-refractivity contribution in [1.29, 1.82) is 0 Å². The molecule has 2 rings (SSSR count). The summed E-state index contributed by atoms with van der Waals surface area (Å²) in [7, 11) is -3.19. The number of hydrogen-bond donors (Lipinski definition) is 0. The maximum absolute atomic E-state index is 11.1. The number of aldehydes is 1. The lowest BCUT2D eigenvalue weighted by atomic mass is 10.1. The largest absolute Gasteiger partial charge is 0.334 e. The predicted molar refractivity (Wildman–Crippen MR) is 63.7 cm³/mol. The van der Waals surface area contributed by atoms with Gasteiger partial charge in [0.05, 0.1) is 0 Å². The Morgan fingerprint density at radius 2 is 1.94 bits per heavy atom. The first-order valence-corrected chi connectivity index (χ1v) is 7.10. The van der Waals surface area contributed by atoms with Gasteiger partial charge in [-0.1, -0.05) is 17.3 Å². The van der Waals surface area contributed by atoms with E-state index in [1.165, 1.54) is 0 Å². The fourth-order valence-corrected chi connectivity index (χ4v) is 1.95. The van der Waals surface area contributed by atoms with E-state index in [0.717, 1.165) is 12.5 Å². The highest BCUT2D eigenvalue weighted by Gasteiger charge is 2.13. The Balaban J connectivity index is 2.26. The van der Waals surface area contributed by atoms with Crippen LogP contribution in [0.25, 0.3) is 11.5 Å². The maximum atomic E-state index is 11.1. The fraction of sp³-hybridized carbons (Fsp3) is 0.182. The van der Waals surface area contributed by atoms with E-state index >= 15 is 0 Å². The van der Waals surface area contributed by atoms with E-state index in [0.29, 0.717) is 11.1 Å². The Kier molecular flexibility index (Phi) is 3.24. The number of benzene rings is 1. The zero-order valence-electron chi connectivity index (χ0n) is 9.53. The third kappa shape index (κ3) is 3.01. The Labute approximate surface area is 104 Å². The standard InChI is InChI=1S/C11H10N2O4S/c1-18(15,16)7-10-12-11(17-13-10)9-4-2-8(6-14)3-5-9/h2-6H,7H2,1H3. The summed E-state index contributed by atoms with van der Waals surface area (Å²) in [4.78, 5) is 14.5. The molecule has 1 heterocycles. The highest BCUT2D eigenvalue weighted by atomic mass is 32.2. The van der Waals surface area contributed by atoms with Gasteiger partial charge in [0.1, 0.15) is 12.0 Å². The van der Waals surface area contributed by atoms with Crippen molar-refractivity contribution < 1.29 is 17.7 Å². The molecule has 0 aliphatic rings. The summed E-state index contributed by atoms with van der Waals surface area (Å²) in [5.74, 6) is 0.0844. The van der Waals surface area contributed by atoms with Crippen LogP contribution in [0.3, 0.4) is 0 Å². The maximum Gasteiger partial charge on any atom is 0.257 e. The third-order valence-corrected chi connectivity index (χ3v) is 2.94. The molecule has 0 bridgehead atoms. The van der Waals surface area contributed by atoms with E-state index in [2.05, 4.69) is 10.1 Å². The fourth-order valence-electron chi connectivity index (χ4n) is 1.37. The molecule has 94 valence electrons. The van der Waals surface area contributed by atoms with Crippen molar-refractivity contribution in [3.63, 3.8) is 0 Å². The summed E-state index contributed by atoms with van der Waals surface area (Å²) in [6.45, 7) is 0. The van der Waals surface area contributed by atoms with Crippen LogP contribution in [0.4, 0.5) is 0 Å². The molecule has 0 saturated carbocycles. The van der Waals surface area contributed by atoms with Gasteiger partial charge in [-0.25, -0.2) is 8.42 Å². The first-order valence-electron chi connectivity index (χ1n) is 5.04. The zero-order valence-corrected chi connectivity index (χ0v) is 10.3. The van der Waals surface area contributed by atoms with Crippen LogP contribution in [0.1, 0.15) is 16.2 Å². The van der Waals surface area contributed by atoms with Crippen molar-refractivity contribution in [3.05, 3.63) is 35.7 Å². The molecule has 0 aliphatic heterocycles. The molecule has 1 aromatic carbocycles. The number of carbonyl (C=O) groups is 1. The second-order valence-electron chi connectivity index (χ2n) is 3.83. The molecule has 1 aromatic heterocycles. The van der Waals surface area contributed by atoms with Gasteiger partial charge >= 0.3 is 0 Å². The second-order valence-corrected chi connectivity index (χ2v) is 5.97. The van der Waals surface area contributed by atoms with Gasteiger partial charge in [0, 0.05) is 17.4 Å². The van der Waals surface area contributed by atoms with Crippen LogP contribution in [-0.2, 0) is 15.6 Å². The van der Waals surface area contributed by atoms with Crippen molar-refractivity contribution in [3.8, 4) is 11.5 Å². The number of rotatable bonds is 4. The van der Waals surface area contributed by atoms with Crippen molar-refractivity contribution in [2.75, 3.05) is 6.26 Å². The molecule has 0 saturated heterocycles. The number of hydrogen-bond acceptors (Lipinski definition) is 6. The van der Waals surface area contributed by atoms with E-state index in [1.54, 1.807) is 24.3 Å². The van der Waals surface area contributed by atoms with Gasteiger partial charge in [0.2, 0.25) is 0 Å². The van der Waals surface area contributed by atoms with E-state index < -0.39 is 9.84 Å². The lowest BCUT2D eigenvalue weighted by molar-refractivity contribution is 0.112. The molecule has 0 amide bonds. The number of sulfone groups is 1. The lowest BCUT2D eigenvalue weighted by Gasteiger charge is -1.93. The van der Waals surface area contributed by atoms with Crippen LogP contribution in [0, 0.1) is 0 Å². The highest BCUT2D eigenvalue weighted by Crippen LogP contribution is 2.17. The Morgan fingerprint density at radius 1 is 1.28 bits per heavy atom. The summed E-state index contributed by atoms with van der Waals surface area (Å²) >= 11 is 0. The van der Waals surface area contributed by atoms with Crippen LogP contribution in [0.15, 0.2) is 28.8 Å². The van der Waals surface area contributed by atoms with Crippen LogP contribution < -0.4 is 0 Å². The van der Waals surface area contributed by atoms with Crippen molar-refractivity contribution in [2.45, 2.75) is 5.75 Å². The molecule has 0 atom stereocenters. The SMILES string of the molecule is CS(=O)(=O)Cc1noc(-c2ccc(C=O)cc2)n1. The molecule has 6 nitrogen and oxygen atoms in total. The van der Waals surface area contributed by atoms with Crippen LogP contribution in [0.5, 0.6) is 0 Å². The number of carbonyl (C=O) groups excluding carboxylic acids is 1. The Hall–Kier alpha value is -2.02. The highest BCUT2D eigenvalue weighted by molar-refractivity contribution is 7.89. The van der Waals surface area contributed by atoms with E-state index in [-0.39, 0.29) is 17.5 Å². The summed E-state index contributed by atoms with van der Waals surface area (Å²) in [5.41, 5.74) is 1.17. The predicted octanol–water partition coefficient (Wildman–Crippen LogP) is 1.09. The molecule has 0 aliphatic carbocycles. The van der Waals surface area contributed by atoms with Crippen molar-refractivity contribution in [2.24, 2.45) is 0 Å². The molecule has 2 aromatic rings. The van der Waals surface area contributed by atoms with E-state index in [1.807, 2.05) is 0 Å². The van der Waals surface area contributed by atoms with Crippen molar-refractivity contribution >= 4 is 16.1 Å². The molecule has 0 radical (unpaired) electrons. The second kappa shape index (κ2) is 4.69. The number of nitrogens with zero attached hydrogens (tertiary/aromatic N) is 2. The van der Waals surface area contributed by atoms with Gasteiger partial charge in [-0.2, -0.15) is 4.98 Å². The average Bonchev–Trinajstić information content (AvgIpc) is 2.75. The minimum atomic E-state index is -3.19. The van der Waals surface area contributed by atoms with Gasteiger partial charge in [-0.05, 0) is 12.1 Å². The summed E-state index contributed by atoms with van der Waals surface area (Å²) in [5, 5.41) is 3.59. The molecule has 18 heavy (non-hydrogen) atoms.